The standard InChI is InChI=1S/C20H16N4O4/c1-13-12-14(9-10-17(13)24(27)28)19(25)22-16-7-3-2-6-15(16)20(26)23-18-8-4-5-11-21-18/h2-12H,1H3,(H,22,25)(H,21,23,26). The second-order valence-electron chi connectivity index (χ2n) is 5.93. The topological polar surface area (TPSA) is 114 Å². The van der Waals surface area contributed by atoms with Crippen LogP contribution in [0.3, 0.4) is 0 Å². The molecule has 0 aliphatic heterocycles. The van der Waals surface area contributed by atoms with Crippen molar-refractivity contribution in [2.24, 2.45) is 0 Å². The minimum Gasteiger partial charge on any atom is -0.321 e. The van der Waals surface area contributed by atoms with Gasteiger partial charge < -0.3 is 10.6 Å². The maximum atomic E-state index is 12.6. The molecule has 0 fully saturated rings. The van der Waals surface area contributed by atoms with Crippen LogP contribution in [0.1, 0.15) is 26.3 Å². The van der Waals surface area contributed by atoms with Crippen LogP contribution in [0.15, 0.2) is 66.9 Å². The molecule has 2 amide bonds. The minimum atomic E-state index is -0.506. The maximum absolute atomic E-state index is 12.6. The zero-order valence-electron chi connectivity index (χ0n) is 14.9. The molecule has 0 saturated heterocycles. The van der Waals surface area contributed by atoms with Crippen LogP contribution < -0.4 is 10.6 Å². The monoisotopic (exact) mass is 376 g/mol. The van der Waals surface area contributed by atoms with Gasteiger partial charge in [-0.3, -0.25) is 19.7 Å². The fourth-order valence-corrected chi connectivity index (χ4v) is 2.61. The third-order valence-corrected chi connectivity index (χ3v) is 3.98. The van der Waals surface area contributed by atoms with E-state index in [1.54, 1.807) is 55.6 Å². The number of rotatable bonds is 5. The molecule has 0 unspecified atom stereocenters. The Morgan fingerprint density at radius 2 is 1.71 bits per heavy atom. The van der Waals surface area contributed by atoms with E-state index in [1.165, 1.54) is 18.2 Å². The van der Waals surface area contributed by atoms with Crippen molar-refractivity contribution in [3.8, 4) is 0 Å². The van der Waals surface area contributed by atoms with Crippen molar-refractivity contribution < 1.29 is 14.5 Å². The number of carbonyl (C=O) groups is 2. The predicted molar refractivity (Wildman–Crippen MR) is 104 cm³/mol. The van der Waals surface area contributed by atoms with E-state index in [0.717, 1.165) is 0 Å². The molecule has 1 heterocycles. The van der Waals surface area contributed by atoms with Gasteiger partial charge in [0, 0.05) is 23.4 Å². The Hall–Kier alpha value is -4.07. The van der Waals surface area contributed by atoms with Gasteiger partial charge in [0.2, 0.25) is 0 Å². The highest BCUT2D eigenvalue weighted by molar-refractivity contribution is 6.12. The smallest absolute Gasteiger partial charge is 0.272 e. The van der Waals surface area contributed by atoms with Crippen molar-refractivity contribution in [1.82, 2.24) is 4.98 Å². The highest BCUT2D eigenvalue weighted by Crippen LogP contribution is 2.21. The SMILES string of the molecule is Cc1cc(C(=O)Nc2ccccc2C(=O)Nc2ccccn2)ccc1[N+](=O)[O-]. The zero-order valence-corrected chi connectivity index (χ0v) is 14.9. The molecule has 2 N–H and O–H groups in total. The molecule has 0 atom stereocenters. The van der Waals surface area contributed by atoms with Crippen molar-refractivity contribution in [3.05, 3.63) is 93.7 Å². The van der Waals surface area contributed by atoms with Crippen molar-refractivity contribution in [3.63, 3.8) is 0 Å². The first-order valence-electron chi connectivity index (χ1n) is 8.33. The Labute approximate surface area is 160 Å². The average Bonchev–Trinajstić information content (AvgIpc) is 2.68. The van der Waals surface area contributed by atoms with Crippen LogP contribution in [0.4, 0.5) is 17.2 Å². The van der Waals surface area contributed by atoms with Gasteiger partial charge in [0.05, 0.1) is 16.2 Å². The fraction of sp³-hybridized carbons (Fsp3) is 0.0500. The third-order valence-electron chi connectivity index (χ3n) is 3.98. The highest BCUT2D eigenvalue weighted by Gasteiger charge is 2.17. The number of nitrogens with one attached hydrogen (secondary N) is 2. The molecule has 3 aromatic rings. The molecule has 3 rings (SSSR count). The lowest BCUT2D eigenvalue weighted by Crippen LogP contribution is -2.18. The average molecular weight is 376 g/mol. The lowest BCUT2D eigenvalue weighted by Gasteiger charge is -2.11. The van der Waals surface area contributed by atoms with Crippen LogP contribution in [0.2, 0.25) is 0 Å². The Balaban J connectivity index is 1.81. The van der Waals surface area contributed by atoms with Crippen LogP contribution in [0, 0.1) is 17.0 Å². The van der Waals surface area contributed by atoms with Gasteiger partial charge in [0.25, 0.3) is 17.5 Å². The summed E-state index contributed by atoms with van der Waals surface area (Å²) in [5.41, 5.74) is 1.14. The van der Waals surface area contributed by atoms with Crippen molar-refractivity contribution in [1.29, 1.82) is 0 Å². The van der Waals surface area contributed by atoms with Gasteiger partial charge in [-0.05, 0) is 43.3 Å². The molecule has 0 aliphatic carbocycles. The highest BCUT2D eigenvalue weighted by atomic mass is 16.6. The molecule has 1 aromatic heterocycles. The van der Waals surface area contributed by atoms with E-state index < -0.39 is 16.7 Å². The number of benzene rings is 2. The number of hydrogen-bond acceptors (Lipinski definition) is 5. The molecule has 140 valence electrons. The van der Waals surface area contributed by atoms with Gasteiger partial charge in [0.1, 0.15) is 5.82 Å². The first kappa shape index (κ1) is 18.7. The molecule has 2 aromatic carbocycles. The van der Waals surface area contributed by atoms with Gasteiger partial charge >= 0.3 is 0 Å². The van der Waals surface area contributed by atoms with Crippen LogP contribution in [-0.4, -0.2) is 21.7 Å². The van der Waals surface area contributed by atoms with Crippen LogP contribution >= 0.6 is 0 Å². The Kier molecular flexibility index (Phi) is 5.40. The number of nitro groups is 1. The summed E-state index contributed by atoms with van der Waals surface area (Å²) in [5.74, 6) is -0.509. The lowest BCUT2D eigenvalue weighted by atomic mass is 10.1. The van der Waals surface area contributed by atoms with Crippen molar-refractivity contribution in [2.75, 3.05) is 10.6 Å². The minimum absolute atomic E-state index is 0.0633. The second-order valence-corrected chi connectivity index (χ2v) is 5.93. The summed E-state index contributed by atoms with van der Waals surface area (Å²) in [5, 5.41) is 16.3. The molecular weight excluding hydrogens is 360 g/mol. The van der Waals surface area contributed by atoms with E-state index in [9.17, 15) is 19.7 Å². The maximum Gasteiger partial charge on any atom is 0.272 e. The van der Waals surface area contributed by atoms with Crippen molar-refractivity contribution in [2.45, 2.75) is 6.92 Å². The molecule has 0 aliphatic rings. The number of pyridine rings is 1. The molecule has 8 heteroatoms. The molecule has 0 saturated carbocycles. The Morgan fingerprint density at radius 1 is 0.964 bits per heavy atom. The summed E-state index contributed by atoms with van der Waals surface area (Å²) in [4.78, 5) is 39.6. The molecule has 0 spiro atoms. The van der Waals surface area contributed by atoms with E-state index in [4.69, 9.17) is 0 Å². The number of nitrogens with zero attached hydrogens (tertiary/aromatic N) is 2. The third kappa shape index (κ3) is 4.18. The number of nitro benzene ring substituents is 1. The summed E-state index contributed by atoms with van der Waals surface area (Å²) in [6, 6.07) is 15.8. The Morgan fingerprint density at radius 3 is 2.39 bits per heavy atom. The largest absolute Gasteiger partial charge is 0.321 e. The predicted octanol–water partition coefficient (Wildman–Crippen LogP) is 3.80. The van der Waals surface area contributed by atoms with Crippen LogP contribution in [0.25, 0.3) is 0 Å². The molecule has 0 radical (unpaired) electrons. The van der Waals surface area contributed by atoms with Gasteiger partial charge in [-0.2, -0.15) is 0 Å². The number of amides is 2. The molecule has 28 heavy (non-hydrogen) atoms. The number of aryl methyl sites for hydroxylation is 1. The van der Waals surface area contributed by atoms with Crippen LogP contribution in [-0.2, 0) is 0 Å². The quantitative estimate of drug-likeness (QED) is 0.519. The number of para-hydroxylation sites is 1. The van der Waals surface area contributed by atoms with E-state index in [-0.39, 0.29) is 16.8 Å². The van der Waals surface area contributed by atoms with Crippen molar-refractivity contribution >= 4 is 29.0 Å². The molecule has 0 bridgehead atoms. The summed E-state index contributed by atoms with van der Waals surface area (Å²) in [6.45, 7) is 1.56. The summed E-state index contributed by atoms with van der Waals surface area (Å²) in [7, 11) is 0. The van der Waals surface area contributed by atoms with Gasteiger partial charge in [0.15, 0.2) is 0 Å². The summed E-state index contributed by atoms with van der Waals surface area (Å²) < 4.78 is 0. The molecule has 8 nitrogen and oxygen atoms in total. The lowest BCUT2D eigenvalue weighted by molar-refractivity contribution is -0.385. The normalized spacial score (nSPS) is 10.2. The van der Waals surface area contributed by atoms with Crippen LogP contribution in [0.5, 0.6) is 0 Å². The molecular formula is C20H16N4O4. The van der Waals surface area contributed by atoms with Gasteiger partial charge in [-0.1, -0.05) is 18.2 Å². The first-order chi connectivity index (χ1) is 13.5. The summed E-state index contributed by atoms with van der Waals surface area (Å²) >= 11 is 0. The Bertz CT molecular complexity index is 1050. The zero-order chi connectivity index (χ0) is 20.1. The van der Waals surface area contributed by atoms with Gasteiger partial charge in [-0.15, -0.1) is 0 Å². The number of aromatic nitrogens is 1. The number of anilines is 2. The van der Waals surface area contributed by atoms with E-state index in [2.05, 4.69) is 15.6 Å². The summed E-state index contributed by atoms with van der Waals surface area (Å²) in [6.07, 6.45) is 1.56. The number of carbonyl (C=O) groups excluding carboxylic acids is 2. The first-order valence-corrected chi connectivity index (χ1v) is 8.33. The number of hydrogen-bond donors (Lipinski definition) is 2. The van der Waals surface area contributed by atoms with E-state index in [0.29, 0.717) is 17.1 Å². The second kappa shape index (κ2) is 8.09. The van der Waals surface area contributed by atoms with E-state index >= 15 is 0 Å². The van der Waals surface area contributed by atoms with Gasteiger partial charge in [-0.25, -0.2) is 4.98 Å². The fourth-order valence-electron chi connectivity index (χ4n) is 2.61. The van der Waals surface area contributed by atoms with E-state index in [1.807, 2.05) is 0 Å².